The second kappa shape index (κ2) is 6.47. The van der Waals surface area contributed by atoms with Crippen molar-refractivity contribution in [1.82, 2.24) is 14.8 Å². The van der Waals surface area contributed by atoms with E-state index in [9.17, 15) is 0 Å². The smallest absolute Gasteiger partial charge is 0.146 e. The second-order valence-corrected chi connectivity index (χ2v) is 8.10. The van der Waals surface area contributed by atoms with Crippen LogP contribution in [0.15, 0.2) is 0 Å². The van der Waals surface area contributed by atoms with E-state index in [1.807, 2.05) is 0 Å². The number of rotatable bonds is 4. The minimum Gasteiger partial charge on any atom is -0.324 e. The molecule has 1 fully saturated rings. The molecular formula is C17H32N4. The fourth-order valence-corrected chi connectivity index (χ4v) is 3.58. The first-order valence-corrected chi connectivity index (χ1v) is 8.45. The van der Waals surface area contributed by atoms with E-state index in [-0.39, 0.29) is 0 Å². The summed E-state index contributed by atoms with van der Waals surface area (Å²) in [5, 5.41) is 8.80. The summed E-state index contributed by atoms with van der Waals surface area (Å²) in [4.78, 5) is 0. The Hall–Kier alpha value is -0.900. The average Bonchev–Trinajstić information content (AvgIpc) is 2.80. The molecular weight excluding hydrogens is 260 g/mol. The van der Waals surface area contributed by atoms with Crippen LogP contribution < -0.4 is 5.73 Å². The molecule has 21 heavy (non-hydrogen) atoms. The molecule has 1 heterocycles. The standard InChI is InChI=1S/C17H32N4/c1-12(2)11-21-15(10-18)19-20-16(21)13-6-8-14(9-7-13)17(3,4)5/h12-14H,6-11,18H2,1-5H3. The van der Waals surface area contributed by atoms with Crippen molar-refractivity contribution in [1.29, 1.82) is 0 Å². The monoisotopic (exact) mass is 292 g/mol. The molecule has 0 saturated heterocycles. The zero-order valence-corrected chi connectivity index (χ0v) is 14.4. The van der Waals surface area contributed by atoms with Gasteiger partial charge in [0.05, 0.1) is 6.54 Å². The van der Waals surface area contributed by atoms with Gasteiger partial charge in [-0.2, -0.15) is 0 Å². The lowest BCUT2D eigenvalue weighted by Gasteiger charge is -2.36. The summed E-state index contributed by atoms with van der Waals surface area (Å²) in [5.74, 6) is 4.11. The number of nitrogens with zero attached hydrogens (tertiary/aromatic N) is 3. The maximum atomic E-state index is 5.83. The van der Waals surface area contributed by atoms with Gasteiger partial charge in [0.2, 0.25) is 0 Å². The van der Waals surface area contributed by atoms with Crippen LogP contribution in [-0.4, -0.2) is 14.8 Å². The molecule has 0 atom stereocenters. The lowest BCUT2D eigenvalue weighted by atomic mass is 9.69. The number of hydrogen-bond donors (Lipinski definition) is 1. The Morgan fingerprint density at radius 3 is 2.24 bits per heavy atom. The predicted octanol–water partition coefficient (Wildman–Crippen LogP) is 3.71. The van der Waals surface area contributed by atoms with Crippen molar-refractivity contribution in [3.8, 4) is 0 Å². The molecule has 0 aliphatic heterocycles. The fourth-order valence-electron chi connectivity index (χ4n) is 3.58. The molecule has 1 saturated carbocycles. The van der Waals surface area contributed by atoms with Gasteiger partial charge in [0, 0.05) is 12.5 Å². The number of hydrogen-bond acceptors (Lipinski definition) is 3. The Morgan fingerprint density at radius 2 is 1.76 bits per heavy atom. The van der Waals surface area contributed by atoms with E-state index in [0.717, 1.165) is 18.3 Å². The number of nitrogens with two attached hydrogens (primary N) is 1. The molecule has 1 aliphatic carbocycles. The quantitative estimate of drug-likeness (QED) is 0.920. The Balaban J connectivity index is 2.11. The molecule has 1 aliphatic rings. The highest BCUT2D eigenvalue weighted by Gasteiger charge is 2.32. The van der Waals surface area contributed by atoms with Gasteiger partial charge in [0.15, 0.2) is 0 Å². The topological polar surface area (TPSA) is 56.7 Å². The molecule has 4 heteroatoms. The summed E-state index contributed by atoms with van der Waals surface area (Å²) in [7, 11) is 0. The SMILES string of the molecule is CC(C)Cn1c(CN)nnc1C1CCC(C(C)(C)C)CC1. The van der Waals surface area contributed by atoms with Crippen LogP contribution in [-0.2, 0) is 13.1 Å². The van der Waals surface area contributed by atoms with Crippen LogP contribution in [0.4, 0.5) is 0 Å². The van der Waals surface area contributed by atoms with Gasteiger partial charge in [-0.05, 0) is 42.9 Å². The summed E-state index contributed by atoms with van der Waals surface area (Å²) < 4.78 is 2.28. The van der Waals surface area contributed by atoms with Crippen LogP contribution in [0.1, 0.15) is 77.9 Å². The lowest BCUT2D eigenvalue weighted by molar-refractivity contribution is 0.166. The molecule has 120 valence electrons. The van der Waals surface area contributed by atoms with Crippen LogP contribution in [0.3, 0.4) is 0 Å². The van der Waals surface area contributed by atoms with E-state index in [4.69, 9.17) is 5.73 Å². The van der Waals surface area contributed by atoms with E-state index in [1.54, 1.807) is 0 Å². The van der Waals surface area contributed by atoms with Crippen molar-refractivity contribution in [2.45, 2.75) is 79.3 Å². The summed E-state index contributed by atoms with van der Waals surface area (Å²) in [6, 6.07) is 0. The predicted molar refractivity (Wildman–Crippen MR) is 86.9 cm³/mol. The maximum absolute atomic E-state index is 5.83. The molecule has 2 N–H and O–H groups in total. The largest absolute Gasteiger partial charge is 0.324 e. The van der Waals surface area contributed by atoms with Gasteiger partial charge in [-0.1, -0.05) is 34.6 Å². The molecule has 0 radical (unpaired) electrons. The van der Waals surface area contributed by atoms with E-state index in [1.165, 1.54) is 31.5 Å². The van der Waals surface area contributed by atoms with Gasteiger partial charge in [-0.15, -0.1) is 10.2 Å². The normalized spacial score (nSPS) is 23.8. The van der Waals surface area contributed by atoms with Crippen molar-refractivity contribution < 1.29 is 0 Å². The highest BCUT2D eigenvalue weighted by Crippen LogP contribution is 2.42. The van der Waals surface area contributed by atoms with Crippen molar-refractivity contribution >= 4 is 0 Å². The summed E-state index contributed by atoms with van der Waals surface area (Å²) >= 11 is 0. The minimum atomic E-state index is 0.430. The van der Waals surface area contributed by atoms with Crippen LogP contribution in [0.5, 0.6) is 0 Å². The van der Waals surface area contributed by atoms with E-state index in [0.29, 0.717) is 23.8 Å². The first kappa shape index (κ1) is 16.5. The van der Waals surface area contributed by atoms with Crippen LogP contribution >= 0.6 is 0 Å². The van der Waals surface area contributed by atoms with Crippen molar-refractivity contribution in [3.63, 3.8) is 0 Å². The molecule has 2 rings (SSSR count). The highest BCUT2D eigenvalue weighted by molar-refractivity contribution is 5.04. The summed E-state index contributed by atoms with van der Waals surface area (Å²) in [5.41, 5.74) is 6.25. The lowest BCUT2D eigenvalue weighted by Crippen LogP contribution is -2.26. The molecule has 0 bridgehead atoms. The summed E-state index contributed by atoms with van der Waals surface area (Å²) in [6.07, 6.45) is 5.09. The van der Waals surface area contributed by atoms with Gasteiger partial charge in [-0.25, -0.2) is 0 Å². The van der Waals surface area contributed by atoms with Gasteiger partial charge in [0.1, 0.15) is 11.6 Å². The third kappa shape index (κ3) is 3.85. The zero-order valence-electron chi connectivity index (χ0n) is 14.4. The molecule has 0 aromatic carbocycles. The minimum absolute atomic E-state index is 0.430. The van der Waals surface area contributed by atoms with Gasteiger partial charge >= 0.3 is 0 Å². The highest BCUT2D eigenvalue weighted by atomic mass is 15.3. The van der Waals surface area contributed by atoms with Gasteiger partial charge < -0.3 is 10.3 Å². The number of aromatic nitrogens is 3. The van der Waals surface area contributed by atoms with Gasteiger partial charge in [0.25, 0.3) is 0 Å². The van der Waals surface area contributed by atoms with Crippen molar-refractivity contribution in [2.24, 2.45) is 23.0 Å². The Labute approximate surface area is 129 Å². The Morgan fingerprint density at radius 1 is 1.14 bits per heavy atom. The maximum Gasteiger partial charge on any atom is 0.146 e. The molecule has 0 unspecified atom stereocenters. The molecule has 1 aromatic heterocycles. The van der Waals surface area contributed by atoms with Crippen LogP contribution in [0, 0.1) is 17.3 Å². The zero-order chi connectivity index (χ0) is 15.6. The fraction of sp³-hybridized carbons (Fsp3) is 0.882. The molecule has 0 amide bonds. The van der Waals surface area contributed by atoms with Crippen LogP contribution in [0.25, 0.3) is 0 Å². The third-order valence-electron chi connectivity index (χ3n) is 4.90. The Bertz CT molecular complexity index is 448. The first-order chi connectivity index (χ1) is 9.82. The molecule has 0 spiro atoms. The first-order valence-electron chi connectivity index (χ1n) is 8.45. The molecule has 4 nitrogen and oxygen atoms in total. The van der Waals surface area contributed by atoms with Crippen LogP contribution in [0.2, 0.25) is 0 Å². The van der Waals surface area contributed by atoms with Crippen molar-refractivity contribution in [2.75, 3.05) is 0 Å². The average molecular weight is 292 g/mol. The van der Waals surface area contributed by atoms with E-state index < -0.39 is 0 Å². The van der Waals surface area contributed by atoms with Gasteiger partial charge in [-0.3, -0.25) is 0 Å². The van der Waals surface area contributed by atoms with E-state index in [2.05, 4.69) is 49.4 Å². The Kier molecular flexibility index (Phi) is 5.07. The molecule has 1 aromatic rings. The van der Waals surface area contributed by atoms with E-state index >= 15 is 0 Å². The third-order valence-corrected chi connectivity index (χ3v) is 4.90. The van der Waals surface area contributed by atoms with Crippen molar-refractivity contribution in [3.05, 3.63) is 11.6 Å². The second-order valence-electron chi connectivity index (χ2n) is 8.10. The summed E-state index contributed by atoms with van der Waals surface area (Å²) in [6.45, 7) is 13.0.